The first-order valence-electron chi connectivity index (χ1n) is 8.04. The van der Waals surface area contributed by atoms with Crippen molar-refractivity contribution in [2.75, 3.05) is 5.32 Å². The molecular formula is C20H22N2OS. The molecule has 0 saturated carbocycles. The molecule has 3 nitrogen and oxygen atoms in total. The van der Waals surface area contributed by atoms with E-state index >= 15 is 0 Å². The molecule has 1 amide bonds. The van der Waals surface area contributed by atoms with Crippen molar-refractivity contribution >= 4 is 35.0 Å². The van der Waals surface area contributed by atoms with Gasteiger partial charge in [0.1, 0.15) is 0 Å². The fourth-order valence-corrected chi connectivity index (χ4v) is 2.51. The minimum atomic E-state index is -0.252. The summed E-state index contributed by atoms with van der Waals surface area (Å²) in [7, 11) is 0. The van der Waals surface area contributed by atoms with E-state index < -0.39 is 0 Å². The van der Waals surface area contributed by atoms with E-state index in [4.69, 9.17) is 12.2 Å². The molecule has 0 bridgehead atoms. The average molecular weight is 338 g/mol. The fourth-order valence-electron chi connectivity index (χ4n) is 2.30. The number of para-hydroxylation sites is 1. The van der Waals surface area contributed by atoms with E-state index in [2.05, 4.69) is 30.5 Å². The molecule has 0 radical (unpaired) electrons. The summed E-state index contributed by atoms with van der Waals surface area (Å²) in [4.78, 5) is 12.0. The summed E-state index contributed by atoms with van der Waals surface area (Å²) in [6.45, 7) is 4.32. The van der Waals surface area contributed by atoms with Crippen molar-refractivity contribution in [3.8, 4) is 0 Å². The molecule has 0 heterocycles. The van der Waals surface area contributed by atoms with Crippen molar-refractivity contribution in [1.82, 2.24) is 5.32 Å². The molecule has 0 fully saturated rings. The lowest BCUT2D eigenvalue weighted by Crippen LogP contribution is -2.33. The average Bonchev–Trinajstić information content (AvgIpc) is 2.60. The van der Waals surface area contributed by atoms with Crippen molar-refractivity contribution in [3.63, 3.8) is 0 Å². The number of nitrogens with one attached hydrogen (secondary N) is 2. The largest absolute Gasteiger partial charge is 0.332 e. The molecule has 24 heavy (non-hydrogen) atoms. The molecule has 2 aromatic carbocycles. The molecule has 0 aliphatic carbocycles. The highest BCUT2D eigenvalue weighted by molar-refractivity contribution is 7.80. The predicted octanol–water partition coefficient (Wildman–Crippen LogP) is 4.73. The van der Waals surface area contributed by atoms with Crippen LogP contribution in [0.4, 0.5) is 5.69 Å². The van der Waals surface area contributed by atoms with Crippen LogP contribution in [0.2, 0.25) is 0 Å². The van der Waals surface area contributed by atoms with E-state index in [1.807, 2.05) is 48.5 Å². The summed E-state index contributed by atoms with van der Waals surface area (Å²) in [6.07, 6.45) is 4.27. The highest BCUT2D eigenvalue weighted by atomic mass is 32.1. The van der Waals surface area contributed by atoms with Crippen LogP contribution in [0.1, 0.15) is 37.3 Å². The van der Waals surface area contributed by atoms with Gasteiger partial charge in [-0.2, -0.15) is 0 Å². The summed E-state index contributed by atoms with van der Waals surface area (Å²) in [5.41, 5.74) is 3.09. The van der Waals surface area contributed by atoms with Crippen LogP contribution >= 0.6 is 12.2 Å². The number of carbonyl (C=O) groups is 1. The summed E-state index contributed by atoms with van der Waals surface area (Å²) >= 11 is 5.25. The Labute approximate surface area is 148 Å². The second kappa shape index (κ2) is 8.99. The van der Waals surface area contributed by atoms with Gasteiger partial charge in [-0.15, -0.1) is 0 Å². The molecule has 1 atom stereocenters. The first kappa shape index (κ1) is 17.9. The lowest BCUT2D eigenvalue weighted by atomic mass is 9.97. The number of thiocarbonyl (C=S) groups is 1. The van der Waals surface area contributed by atoms with Gasteiger partial charge in [-0.3, -0.25) is 10.1 Å². The molecule has 4 heteroatoms. The van der Waals surface area contributed by atoms with Crippen LogP contribution in [0.3, 0.4) is 0 Å². The highest BCUT2D eigenvalue weighted by Gasteiger charge is 2.10. The number of hydrogen-bond donors (Lipinski definition) is 2. The van der Waals surface area contributed by atoms with Gasteiger partial charge in [0.2, 0.25) is 5.91 Å². The van der Waals surface area contributed by atoms with Gasteiger partial charge in [-0.05, 0) is 47.8 Å². The maximum atomic E-state index is 12.0. The Balaban J connectivity index is 1.96. The molecule has 124 valence electrons. The third-order valence-electron chi connectivity index (χ3n) is 3.82. The number of carbonyl (C=O) groups excluding carboxylic acids is 1. The smallest absolute Gasteiger partial charge is 0.250 e. The van der Waals surface area contributed by atoms with Crippen molar-refractivity contribution < 1.29 is 4.79 Å². The third-order valence-corrected chi connectivity index (χ3v) is 4.02. The number of hydrogen-bond acceptors (Lipinski definition) is 2. The van der Waals surface area contributed by atoms with E-state index in [9.17, 15) is 4.79 Å². The van der Waals surface area contributed by atoms with Crippen LogP contribution in [0, 0.1) is 0 Å². The Morgan fingerprint density at radius 3 is 2.50 bits per heavy atom. The summed E-state index contributed by atoms with van der Waals surface area (Å²) in [5, 5.41) is 6.10. The zero-order valence-corrected chi connectivity index (χ0v) is 14.8. The first-order chi connectivity index (χ1) is 11.6. The second-order valence-corrected chi connectivity index (χ2v) is 5.99. The van der Waals surface area contributed by atoms with Gasteiger partial charge >= 0.3 is 0 Å². The van der Waals surface area contributed by atoms with Gasteiger partial charge < -0.3 is 5.32 Å². The Bertz CT molecular complexity index is 725. The molecular weight excluding hydrogens is 316 g/mol. The lowest BCUT2D eigenvalue weighted by molar-refractivity contribution is -0.115. The molecule has 2 aromatic rings. The molecule has 1 unspecified atom stereocenters. The van der Waals surface area contributed by atoms with Crippen LogP contribution in [0.15, 0.2) is 60.7 Å². The second-order valence-electron chi connectivity index (χ2n) is 5.58. The minimum Gasteiger partial charge on any atom is -0.332 e. The normalized spacial score (nSPS) is 11.9. The maximum Gasteiger partial charge on any atom is 0.250 e. The number of rotatable bonds is 5. The zero-order chi connectivity index (χ0) is 17.4. The Morgan fingerprint density at radius 2 is 1.79 bits per heavy atom. The van der Waals surface area contributed by atoms with E-state index in [0.29, 0.717) is 11.0 Å². The van der Waals surface area contributed by atoms with Crippen LogP contribution in [0.25, 0.3) is 6.08 Å². The minimum absolute atomic E-state index is 0.252. The highest BCUT2D eigenvalue weighted by Crippen LogP contribution is 2.26. The van der Waals surface area contributed by atoms with Crippen molar-refractivity contribution in [2.24, 2.45) is 0 Å². The molecule has 0 saturated heterocycles. The Morgan fingerprint density at radius 1 is 1.12 bits per heavy atom. The van der Waals surface area contributed by atoms with E-state index in [-0.39, 0.29) is 5.91 Å². The van der Waals surface area contributed by atoms with Crippen molar-refractivity contribution in [1.29, 1.82) is 0 Å². The number of anilines is 1. The monoisotopic (exact) mass is 338 g/mol. The van der Waals surface area contributed by atoms with Crippen LogP contribution in [-0.4, -0.2) is 11.0 Å². The summed E-state index contributed by atoms with van der Waals surface area (Å²) in [5.74, 6) is 0.169. The van der Waals surface area contributed by atoms with Crippen LogP contribution in [-0.2, 0) is 4.79 Å². The number of amides is 1. The van der Waals surface area contributed by atoms with Gasteiger partial charge in [0.25, 0.3) is 0 Å². The fraction of sp³-hybridized carbons (Fsp3) is 0.200. The van der Waals surface area contributed by atoms with Gasteiger partial charge in [0.15, 0.2) is 5.11 Å². The summed E-state index contributed by atoms with van der Waals surface area (Å²) < 4.78 is 0. The molecule has 2 N–H and O–H groups in total. The van der Waals surface area contributed by atoms with Crippen LogP contribution < -0.4 is 10.6 Å². The SMILES string of the molecule is CCC(C)c1ccccc1NC(=S)NC(=O)/C=C/c1ccccc1. The lowest BCUT2D eigenvalue weighted by Gasteiger charge is -2.16. The van der Waals surface area contributed by atoms with Gasteiger partial charge in [-0.1, -0.05) is 62.4 Å². The summed E-state index contributed by atoms with van der Waals surface area (Å²) in [6, 6.07) is 17.7. The van der Waals surface area contributed by atoms with Crippen LogP contribution in [0.5, 0.6) is 0 Å². The first-order valence-corrected chi connectivity index (χ1v) is 8.45. The van der Waals surface area contributed by atoms with Gasteiger partial charge in [-0.25, -0.2) is 0 Å². The third kappa shape index (κ3) is 5.32. The Hall–Kier alpha value is -2.46. The molecule has 0 aromatic heterocycles. The standard InChI is InChI=1S/C20H22N2OS/c1-3-15(2)17-11-7-8-12-18(17)21-20(24)22-19(23)14-13-16-9-5-4-6-10-16/h4-15H,3H2,1-2H3,(H2,21,22,23,24)/b14-13+. The predicted molar refractivity (Wildman–Crippen MR) is 105 cm³/mol. The maximum absolute atomic E-state index is 12.0. The van der Waals surface area contributed by atoms with Crippen molar-refractivity contribution in [2.45, 2.75) is 26.2 Å². The topological polar surface area (TPSA) is 41.1 Å². The molecule has 2 rings (SSSR count). The van der Waals surface area contributed by atoms with E-state index in [1.54, 1.807) is 6.08 Å². The van der Waals surface area contributed by atoms with E-state index in [0.717, 1.165) is 17.7 Å². The zero-order valence-electron chi connectivity index (χ0n) is 14.0. The van der Waals surface area contributed by atoms with Crippen molar-refractivity contribution in [3.05, 3.63) is 71.8 Å². The molecule has 0 aliphatic heterocycles. The van der Waals surface area contributed by atoms with Gasteiger partial charge in [0, 0.05) is 11.8 Å². The molecule has 0 aliphatic rings. The molecule has 0 spiro atoms. The van der Waals surface area contributed by atoms with E-state index in [1.165, 1.54) is 11.6 Å². The quantitative estimate of drug-likeness (QED) is 0.612. The van der Waals surface area contributed by atoms with Gasteiger partial charge in [0.05, 0.1) is 0 Å². The number of benzene rings is 2. The Kier molecular flexibility index (Phi) is 6.70.